The zero-order chi connectivity index (χ0) is 15.5. The van der Waals surface area contributed by atoms with E-state index in [-0.39, 0.29) is 36.8 Å². The number of aromatic nitrogens is 1. The van der Waals surface area contributed by atoms with Gasteiger partial charge in [-0.05, 0) is 30.7 Å². The highest BCUT2D eigenvalue weighted by molar-refractivity contribution is 9.10. The van der Waals surface area contributed by atoms with Crippen molar-refractivity contribution < 1.29 is 9.53 Å². The predicted octanol–water partition coefficient (Wildman–Crippen LogP) is 3.65. The monoisotopic (exact) mass is 433 g/mol. The number of rotatable bonds is 3. The zero-order valence-electron chi connectivity index (χ0n) is 12.7. The summed E-state index contributed by atoms with van der Waals surface area (Å²) in [6.45, 7) is 1.31. The number of hydrogen-bond donors (Lipinski definition) is 1. The molecule has 2 aromatic rings. The predicted molar refractivity (Wildman–Crippen MR) is 101 cm³/mol. The minimum atomic E-state index is -0.0329. The Balaban J connectivity index is 0.00000144. The molecule has 2 N–H and O–H groups in total. The molecule has 0 aliphatic carbocycles. The van der Waals surface area contributed by atoms with Gasteiger partial charge >= 0.3 is 0 Å². The molecule has 1 saturated heterocycles. The van der Waals surface area contributed by atoms with E-state index in [2.05, 4.69) is 20.9 Å². The van der Waals surface area contributed by atoms with E-state index in [0.29, 0.717) is 30.3 Å². The molecule has 1 amide bonds. The van der Waals surface area contributed by atoms with Crippen molar-refractivity contribution in [2.45, 2.75) is 12.5 Å². The van der Waals surface area contributed by atoms with Gasteiger partial charge in [0, 0.05) is 35.9 Å². The molecule has 1 atom stereocenters. The molecule has 130 valence electrons. The van der Waals surface area contributed by atoms with Crippen molar-refractivity contribution in [1.29, 1.82) is 0 Å². The Hall–Kier alpha value is -1.34. The molecule has 2 heterocycles. The number of benzene rings is 1. The van der Waals surface area contributed by atoms with E-state index in [1.54, 1.807) is 23.2 Å². The lowest BCUT2D eigenvalue weighted by molar-refractivity contribution is 0.0790. The van der Waals surface area contributed by atoms with Gasteiger partial charge in [-0.15, -0.1) is 24.8 Å². The summed E-state index contributed by atoms with van der Waals surface area (Å²) in [5.41, 5.74) is 6.38. The van der Waals surface area contributed by atoms with E-state index < -0.39 is 0 Å². The number of pyridine rings is 1. The third-order valence-electron chi connectivity index (χ3n) is 3.51. The van der Waals surface area contributed by atoms with Crippen LogP contribution in [0.2, 0.25) is 0 Å². The summed E-state index contributed by atoms with van der Waals surface area (Å²) in [5.74, 6) is 1.11. The van der Waals surface area contributed by atoms with Gasteiger partial charge < -0.3 is 15.4 Å². The Morgan fingerprint density at radius 3 is 2.67 bits per heavy atom. The maximum Gasteiger partial charge on any atom is 0.255 e. The van der Waals surface area contributed by atoms with Gasteiger partial charge in [0.2, 0.25) is 5.88 Å². The molecule has 8 heteroatoms. The van der Waals surface area contributed by atoms with Gasteiger partial charge in [-0.1, -0.05) is 22.0 Å². The van der Waals surface area contributed by atoms with E-state index in [1.165, 1.54) is 0 Å². The van der Waals surface area contributed by atoms with Crippen LogP contribution in [-0.4, -0.2) is 34.9 Å². The quantitative estimate of drug-likeness (QED) is 0.800. The lowest BCUT2D eigenvalue weighted by atomic mass is 10.2. The summed E-state index contributed by atoms with van der Waals surface area (Å²) in [7, 11) is 0. The Morgan fingerprint density at radius 1 is 1.29 bits per heavy atom. The van der Waals surface area contributed by atoms with Gasteiger partial charge in [0.05, 0.1) is 5.56 Å². The summed E-state index contributed by atoms with van der Waals surface area (Å²) >= 11 is 3.39. The Kier molecular flexibility index (Phi) is 7.96. The summed E-state index contributed by atoms with van der Waals surface area (Å²) in [6, 6.07) is 11.0. The maximum absolute atomic E-state index is 12.3. The molecule has 0 bridgehead atoms. The van der Waals surface area contributed by atoms with Gasteiger partial charge in [0.25, 0.3) is 5.91 Å². The first-order valence-corrected chi connectivity index (χ1v) is 7.85. The molecule has 3 rings (SSSR count). The number of nitrogens with two attached hydrogens (primary N) is 1. The van der Waals surface area contributed by atoms with Crippen molar-refractivity contribution in [3.8, 4) is 11.6 Å². The third kappa shape index (κ3) is 5.08. The maximum atomic E-state index is 12.3. The highest BCUT2D eigenvalue weighted by Gasteiger charge is 2.24. The molecular weight excluding hydrogens is 417 g/mol. The summed E-state index contributed by atoms with van der Waals surface area (Å²) in [5, 5.41) is 0. The van der Waals surface area contributed by atoms with Crippen LogP contribution in [0.4, 0.5) is 0 Å². The molecule has 5 nitrogen and oxygen atoms in total. The number of carbonyl (C=O) groups is 1. The average Bonchev–Trinajstić information content (AvgIpc) is 2.94. The molecule has 1 aromatic carbocycles. The lowest BCUT2D eigenvalue weighted by Gasteiger charge is -2.15. The summed E-state index contributed by atoms with van der Waals surface area (Å²) in [4.78, 5) is 18.2. The van der Waals surface area contributed by atoms with Crippen LogP contribution in [0.1, 0.15) is 16.8 Å². The molecular formula is C16H18BrCl2N3O2. The first kappa shape index (κ1) is 20.7. The van der Waals surface area contributed by atoms with Gasteiger partial charge in [-0.25, -0.2) is 4.98 Å². The number of nitrogens with zero attached hydrogens (tertiary/aromatic N) is 2. The number of halogens is 3. The van der Waals surface area contributed by atoms with Gasteiger partial charge in [0.15, 0.2) is 0 Å². The minimum Gasteiger partial charge on any atom is -0.439 e. The lowest BCUT2D eigenvalue weighted by Crippen LogP contribution is -2.31. The van der Waals surface area contributed by atoms with Crippen molar-refractivity contribution in [2.24, 2.45) is 5.73 Å². The molecule has 1 aliphatic rings. The number of ether oxygens (including phenoxy) is 1. The van der Waals surface area contributed by atoms with Crippen LogP contribution >= 0.6 is 40.7 Å². The van der Waals surface area contributed by atoms with Crippen LogP contribution in [0.3, 0.4) is 0 Å². The number of hydrogen-bond acceptors (Lipinski definition) is 4. The topological polar surface area (TPSA) is 68.5 Å². The SMILES string of the molecule is Cl.Cl.N[C@H]1CCN(C(=O)c2ccc(Oc3cccc(Br)c3)nc2)C1. The number of carbonyl (C=O) groups excluding carboxylic acids is 1. The summed E-state index contributed by atoms with van der Waals surface area (Å²) in [6.07, 6.45) is 2.39. The van der Waals surface area contributed by atoms with E-state index in [4.69, 9.17) is 10.5 Å². The molecule has 0 radical (unpaired) electrons. The number of amides is 1. The van der Waals surface area contributed by atoms with Crippen LogP contribution in [0, 0.1) is 0 Å². The van der Waals surface area contributed by atoms with Crippen LogP contribution in [0.5, 0.6) is 11.6 Å². The highest BCUT2D eigenvalue weighted by atomic mass is 79.9. The average molecular weight is 435 g/mol. The Morgan fingerprint density at radius 2 is 2.08 bits per heavy atom. The van der Waals surface area contributed by atoms with Crippen molar-refractivity contribution >= 4 is 46.7 Å². The molecule has 1 aromatic heterocycles. The smallest absolute Gasteiger partial charge is 0.255 e. The first-order chi connectivity index (χ1) is 10.6. The van der Waals surface area contributed by atoms with Gasteiger partial charge in [-0.2, -0.15) is 0 Å². The van der Waals surface area contributed by atoms with Crippen LogP contribution in [0.25, 0.3) is 0 Å². The van der Waals surface area contributed by atoms with Crippen LogP contribution in [0.15, 0.2) is 47.1 Å². The van der Waals surface area contributed by atoms with E-state index in [1.807, 2.05) is 24.3 Å². The molecule has 0 spiro atoms. The standard InChI is InChI=1S/C16H16BrN3O2.2ClH/c17-12-2-1-3-14(8-12)22-15-5-4-11(9-19-15)16(21)20-7-6-13(18)10-20;;/h1-5,8-9,13H,6-7,10,18H2;2*1H/t13-;;/m0../s1. The third-order valence-corrected chi connectivity index (χ3v) is 4.01. The van der Waals surface area contributed by atoms with Crippen LogP contribution < -0.4 is 10.5 Å². The molecule has 1 aliphatic heterocycles. The highest BCUT2D eigenvalue weighted by Crippen LogP contribution is 2.23. The van der Waals surface area contributed by atoms with E-state index in [9.17, 15) is 4.79 Å². The van der Waals surface area contributed by atoms with E-state index >= 15 is 0 Å². The fraction of sp³-hybridized carbons (Fsp3) is 0.250. The normalized spacial score (nSPS) is 16.1. The van der Waals surface area contributed by atoms with Crippen molar-refractivity contribution in [3.63, 3.8) is 0 Å². The molecule has 0 saturated carbocycles. The largest absolute Gasteiger partial charge is 0.439 e. The van der Waals surface area contributed by atoms with Gasteiger partial charge in [-0.3, -0.25) is 4.79 Å². The molecule has 1 fully saturated rings. The number of likely N-dealkylation sites (tertiary alicyclic amines) is 1. The van der Waals surface area contributed by atoms with Crippen LogP contribution in [-0.2, 0) is 0 Å². The van der Waals surface area contributed by atoms with Crippen molar-refractivity contribution in [1.82, 2.24) is 9.88 Å². The minimum absolute atomic E-state index is 0. The molecule has 0 unspecified atom stereocenters. The Bertz CT molecular complexity index is 685. The second kappa shape index (κ2) is 9.22. The first-order valence-electron chi connectivity index (χ1n) is 7.06. The zero-order valence-corrected chi connectivity index (χ0v) is 15.9. The second-order valence-corrected chi connectivity index (χ2v) is 6.16. The van der Waals surface area contributed by atoms with Crippen molar-refractivity contribution in [2.75, 3.05) is 13.1 Å². The fourth-order valence-electron chi connectivity index (χ4n) is 2.37. The van der Waals surface area contributed by atoms with Gasteiger partial charge in [0.1, 0.15) is 5.75 Å². The summed E-state index contributed by atoms with van der Waals surface area (Å²) < 4.78 is 6.58. The molecule has 24 heavy (non-hydrogen) atoms. The van der Waals surface area contributed by atoms with E-state index in [0.717, 1.165) is 10.9 Å². The fourth-order valence-corrected chi connectivity index (χ4v) is 2.75. The Labute approximate surface area is 161 Å². The second-order valence-electron chi connectivity index (χ2n) is 5.24. The van der Waals surface area contributed by atoms with Crippen molar-refractivity contribution in [3.05, 3.63) is 52.6 Å².